The Kier molecular flexibility index (Phi) is 6.19. The minimum absolute atomic E-state index is 0.236. The van der Waals surface area contributed by atoms with Crippen LogP contribution in [0.2, 0.25) is 0 Å². The highest BCUT2D eigenvalue weighted by Gasteiger charge is 1.85. The van der Waals surface area contributed by atoms with Gasteiger partial charge in [-0.2, -0.15) is 0 Å². The Hall–Kier alpha value is -1.18. The molecule has 0 N–H and O–H groups in total. The molecule has 0 aromatic rings. The molecule has 2 heteroatoms. The molecule has 0 aromatic carbocycles. The van der Waals surface area contributed by atoms with E-state index in [0.29, 0.717) is 6.42 Å². The van der Waals surface area contributed by atoms with Gasteiger partial charge in [-0.25, -0.2) is 4.39 Å². The minimum atomic E-state index is -0.248. The second-order valence-corrected chi connectivity index (χ2v) is 1.93. The third kappa shape index (κ3) is 6.71. The Morgan fingerprint density at radius 3 is 2.73 bits per heavy atom. The fourth-order valence-electron chi connectivity index (χ4n) is 0.544. The third-order valence-corrected chi connectivity index (χ3v) is 1.01. The van der Waals surface area contributed by atoms with Crippen LogP contribution in [0.5, 0.6) is 0 Å². The number of halogens is 1. The van der Waals surface area contributed by atoms with Gasteiger partial charge >= 0.3 is 0 Å². The van der Waals surface area contributed by atoms with Crippen molar-refractivity contribution < 1.29 is 9.18 Å². The summed E-state index contributed by atoms with van der Waals surface area (Å²) in [7, 11) is 0. The van der Waals surface area contributed by atoms with Crippen molar-refractivity contribution in [3.63, 3.8) is 0 Å². The quantitative estimate of drug-likeness (QED) is 0.338. The van der Waals surface area contributed by atoms with E-state index in [-0.39, 0.29) is 12.2 Å². The molecule has 0 aliphatic heterocycles. The number of rotatable bonds is 5. The van der Waals surface area contributed by atoms with Crippen molar-refractivity contribution >= 4 is 6.29 Å². The normalized spacial score (nSPS) is 11.9. The van der Waals surface area contributed by atoms with Gasteiger partial charge in [-0.3, -0.25) is 0 Å². The summed E-state index contributed by atoms with van der Waals surface area (Å²) in [4.78, 5) is 9.80. The molecule has 11 heavy (non-hydrogen) atoms. The lowest BCUT2D eigenvalue weighted by Gasteiger charge is -1.86. The Labute approximate surface area is 65.9 Å². The van der Waals surface area contributed by atoms with E-state index < -0.39 is 0 Å². The number of aldehydes is 1. The number of allylic oxidation sites excluding steroid dienone is 5. The van der Waals surface area contributed by atoms with Gasteiger partial charge in [0.25, 0.3) is 0 Å². The predicted molar refractivity (Wildman–Crippen MR) is 43.8 cm³/mol. The maximum Gasteiger partial charge on any atom is 0.123 e. The fraction of sp³-hybridized carbons (Fsp3) is 0.222. The van der Waals surface area contributed by atoms with Crippen LogP contribution in [-0.4, -0.2) is 6.29 Å². The van der Waals surface area contributed by atoms with Gasteiger partial charge in [-0.15, -0.1) is 0 Å². The van der Waals surface area contributed by atoms with Crippen LogP contribution in [-0.2, 0) is 4.79 Å². The highest BCUT2D eigenvalue weighted by molar-refractivity contribution is 5.51. The smallest absolute Gasteiger partial charge is 0.123 e. The molecule has 0 heterocycles. The Balaban J connectivity index is 3.59. The van der Waals surface area contributed by atoms with Gasteiger partial charge in [0.2, 0.25) is 0 Å². The standard InChI is InChI=1S/C9H11FO/c1-2-6-9(10)7-4-3-5-8-11/h2-4,6,8H,1,5,7H2/b4-3-,9-6+. The van der Waals surface area contributed by atoms with Crippen molar-refractivity contribution in [2.75, 3.05) is 0 Å². The number of hydrogen-bond donors (Lipinski definition) is 0. The summed E-state index contributed by atoms with van der Waals surface area (Å²) in [6, 6.07) is 0. The molecule has 0 aromatic heterocycles. The molecule has 0 radical (unpaired) electrons. The summed E-state index contributed by atoms with van der Waals surface area (Å²) in [5, 5.41) is 0. The summed E-state index contributed by atoms with van der Waals surface area (Å²) in [6.07, 6.45) is 7.29. The zero-order chi connectivity index (χ0) is 8.53. The minimum Gasteiger partial charge on any atom is -0.303 e. The fourth-order valence-corrected chi connectivity index (χ4v) is 0.544. The molecule has 0 bridgehead atoms. The maximum absolute atomic E-state index is 12.5. The Bertz CT molecular complexity index is 180. The Morgan fingerprint density at radius 1 is 1.45 bits per heavy atom. The lowest BCUT2D eigenvalue weighted by atomic mass is 10.3. The first-order valence-electron chi connectivity index (χ1n) is 3.37. The molecule has 0 rings (SSSR count). The zero-order valence-corrected chi connectivity index (χ0v) is 6.29. The van der Waals surface area contributed by atoms with E-state index in [2.05, 4.69) is 6.58 Å². The van der Waals surface area contributed by atoms with Crippen molar-refractivity contribution in [1.29, 1.82) is 0 Å². The molecule has 0 atom stereocenters. The van der Waals surface area contributed by atoms with Crippen molar-refractivity contribution in [3.05, 3.63) is 36.7 Å². The van der Waals surface area contributed by atoms with Gasteiger partial charge in [0.15, 0.2) is 0 Å². The molecule has 0 spiro atoms. The van der Waals surface area contributed by atoms with Gasteiger partial charge in [-0.1, -0.05) is 24.8 Å². The van der Waals surface area contributed by atoms with Crippen molar-refractivity contribution in [1.82, 2.24) is 0 Å². The van der Waals surface area contributed by atoms with E-state index in [9.17, 15) is 9.18 Å². The van der Waals surface area contributed by atoms with Crippen LogP contribution in [0, 0.1) is 0 Å². The van der Waals surface area contributed by atoms with E-state index in [1.165, 1.54) is 12.2 Å². The summed E-state index contributed by atoms with van der Waals surface area (Å²) in [5.74, 6) is -0.248. The van der Waals surface area contributed by atoms with Gasteiger partial charge in [0.05, 0.1) is 0 Å². The first-order valence-corrected chi connectivity index (χ1v) is 3.37. The molecular formula is C9H11FO. The van der Waals surface area contributed by atoms with E-state index in [0.717, 1.165) is 6.29 Å². The second kappa shape index (κ2) is 6.93. The SMILES string of the molecule is C=C/C=C(/F)C/C=C\CC=O. The van der Waals surface area contributed by atoms with Crippen LogP contribution in [0.15, 0.2) is 36.7 Å². The average molecular weight is 154 g/mol. The molecule has 0 unspecified atom stereocenters. The van der Waals surface area contributed by atoms with E-state index in [4.69, 9.17) is 0 Å². The topological polar surface area (TPSA) is 17.1 Å². The molecule has 60 valence electrons. The van der Waals surface area contributed by atoms with Crippen LogP contribution >= 0.6 is 0 Å². The molecule has 1 nitrogen and oxygen atoms in total. The second-order valence-electron chi connectivity index (χ2n) is 1.93. The zero-order valence-electron chi connectivity index (χ0n) is 6.29. The van der Waals surface area contributed by atoms with Gasteiger partial charge < -0.3 is 4.79 Å². The van der Waals surface area contributed by atoms with Gasteiger partial charge in [-0.05, 0) is 6.08 Å². The van der Waals surface area contributed by atoms with E-state index in [1.807, 2.05) is 0 Å². The maximum atomic E-state index is 12.5. The molecule has 0 fully saturated rings. The largest absolute Gasteiger partial charge is 0.303 e. The van der Waals surface area contributed by atoms with Crippen LogP contribution in [0.25, 0.3) is 0 Å². The predicted octanol–water partition coefficient (Wildman–Crippen LogP) is 2.56. The highest BCUT2D eigenvalue weighted by Crippen LogP contribution is 2.03. The average Bonchev–Trinajstić information content (AvgIpc) is 1.99. The summed E-state index contributed by atoms with van der Waals surface area (Å²) < 4.78 is 12.5. The summed E-state index contributed by atoms with van der Waals surface area (Å²) in [5.41, 5.74) is 0. The lowest BCUT2D eigenvalue weighted by molar-refractivity contribution is -0.107. The first kappa shape index (κ1) is 9.82. The molecule has 0 saturated heterocycles. The monoisotopic (exact) mass is 154 g/mol. The van der Waals surface area contributed by atoms with Crippen LogP contribution in [0.3, 0.4) is 0 Å². The number of hydrogen-bond acceptors (Lipinski definition) is 1. The van der Waals surface area contributed by atoms with Crippen molar-refractivity contribution in [2.45, 2.75) is 12.8 Å². The molecule has 0 aliphatic rings. The van der Waals surface area contributed by atoms with E-state index in [1.54, 1.807) is 12.2 Å². The van der Waals surface area contributed by atoms with Gasteiger partial charge in [0, 0.05) is 12.8 Å². The molecule has 0 aliphatic carbocycles. The first-order chi connectivity index (χ1) is 5.31. The molecule has 0 saturated carbocycles. The van der Waals surface area contributed by atoms with E-state index >= 15 is 0 Å². The number of carbonyl (C=O) groups is 1. The van der Waals surface area contributed by atoms with Crippen LogP contribution in [0.1, 0.15) is 12.8 Å². The lowest BCUT2D eigenvalue weighted by Crippen LogP contribution is -1.70. The third-order valence-electron chi connectivity index (χ3n) is 1.01. The number of carbonyl (C=O) groups excluding carboxylic acids is 1. The van der Waals surface area contributed by atoms with Crippen molar-refractivity contribution in [2.24, 2.45) is 0 Å². The molecular weight excluding hydrogens is 143 g/mol. The van der Waals surface area contributed by atoms with Crippen molar-refractivity contribution in [3.8, 4) is 0 Å². The molecule has 0 amide bonds. The van der Waals surface area contributed by atoms with Crippen LogP contribution < -0.4 is 0 Å². The summed E-state index contributed by atoms with van der Waals surface area (Å²) >= 11 is 0. The highest BCUT2D eigenvalue weighted by atomic mass is 19.1. The van der Waals surface area contributed by atoms with Crippen LogP contribution in [0.4, 0.5) is 4.39 Å². The summed E-state index contributed by atoms with van der Waals surface area (Å²) in [6.45, 7) is 3.35. The Morgan fingerprint density at radius 2 is 2.18 bits per heavy atom. The van der Waals surface area contributed by atoms with Gasteiger partial charge in [0.1, 0.15) is 12.1 Å².